The van der Waals surface area contributed by atoms with Gasteiger partial charge in [-0.05, 0) is 31.2 Å². The van der Waals surface area contributed by atoms with E-state index in [1.165, 1.54) is 17.7 Å². The number of thioether (sulfide) groups is 1. The Kier molecular flexibility index (Phi) is 5.73. The maximum Gasteiger partial charge on any atom is 0.0417 e. The molecule has 1 unspecified atom stereocenters. The molecule has 0 aliphatic carbocycles. The standard InChI is InChI=1S/C12H20N2S/c1-4-12(9-15-3)14-8-11-6-5-7-13-10(11)2/h5-7,12,14H,4,8-9H2,1-3H3. The van der Waals surface area contributed by atoms with Gasteiger partial charge in [0.05, 0.1) is 0 Å². The van der Waals surface area contributed by atoms with Crippen LogP contribution in [0.1, 0.15) is 24.6 Å². The molecule has 3 heteroatoms. The first-order valence-electron chi connectivity index (χ1n) is 5.40. The fourth-order valence-corrected chi connectivity index (χ4v) is 2.24. The first-order chi connectivity index (χ1) is 7.27. The molecule has 1 N–H and O–H groups in total. The average Bonchev–Trinajstić information content (AvgIpc) is 2.26. The van der Waals surface area contributed by atoms with Crippen molar-refractivity contribution in [2.24, 2.45) is 0 Å². The van der Waals surface area contributed by atoms with E-state index in [1.807, 2.05) is 24.0 Å². The molecular weight excluding hydrogens is 204 g/mol. The zero-order valence-electron chi connectivity index (χ0n) is 9.79. The maximum atomic E-state index is 4.28. The van der Waals surface area contributed by atoms with Gasteiger partial charge in [0.2, 0.25) is 0 Å². The molecule has 0 radical (unpaired) electrons. The van der Waals surface area contributed by atoms with Crippen LogP contribution in [0.5, 0.6) is 0 Å². The van der Waals surface area contributed by atoms with Gasteiger partial charge in [-0.25, -0.2) is 0 Å². The number of nitrogens with one attached hydrogen (secondary N) is 1. The number of hydrogen-bond acceptors (Lipinski definition) is 3. The summed E-state index contributed by atoms with van der Waals surface area (Å²) in [5.41, 5.74) is 2.43. The minimum Gasteiger partial charge on any atom is -0.309 e. The molecule has 0 spiro atoms. The predicted molar refractivity (Wildman–Crippen MR) is 68.3 cm³/mol. The molecule has 1 rings (SSSR count). The molecule has 1 aromatic heterocycles. The highest BCUT2D eigenvalue weighted by molar-refractivity contribution is 7.98. The maximum absolute atomic E-state index is 4.28. The third-order valence-electron chi connectivity index (χ3n) is 2.56. The number of pyridine rings is 1. The molecule has 1 aromatic rings. The van der Waals surface area contributed by atoms with Gasteiger partial charge < -0.3 is 5.32 Å². The summed E-state index contributed by atoms with van der Waals surface area (Å²) in [6, 6.07) is 4.75. The van der Waals surface area contributed by atoms with Gasteiger partial charge in [-0.3, -0.25) is 4.98 Å². The third-order valence-corrected chi connectivity index (χ3v) is 3.29. The summed E-state index contributed by atoms with van der Waals surface area (Å²) in [5.74, 6) is 1.18. The van der Waals surface area contributed by atoms with E-state index in [9.17, 15) is 0 Å². The average molecular weight is 224 g/mol. The van der Waals surface area contributed by atoms with E-state index in [1.54, 1.807) is 0 Å². The van der Waals surface area contributed by atoms with Crippen molar-refractivity contribution in [1.29, 1.82) is 0 Å². The lowest BCUT2D eigenvalue weighted by Gasteiger charge is -2.16. The van der Waals surface area contributed by atoms with E-state index in [-0.39, 0.29) is 0 Å². The Balaban J connectivity index is 2.45. The van der Waals surface area contributed by atoms with Gasteiger partial charge in [0.25, 0.3) is 0 Å². The van der Waals surface area contributed by atoms with Crippen molar-refractivity contribution in [1.82, 2.24) is 10.3 Å². The molecule has 2 nitrogen and oxygen atoms in total. The number of aryl methyl sites for hydroxylation is 1. The number of nitrogens with zero attached hydrogens (tertiary/aromatic N) is 1. The summed E-state index contributed by atoms with van der Waals surface area (Å²) < 4.78 is 0. The molecule has 0 bridgehead atoms. The monoisotopic (exact) mass is 224 g/mol. The van der Waals surface area contributed by atoms with Crippen LogP contribution in [0.4, 0.5) is 0 Å². The van der Waals surface area contributed by atoms with E-state index in [0.717, 1.165) is 12.2 Å². The van der Waals surface area contributed by atoms with Crippen molar-refractivity contribution < 1.29 is 0 Å². The van der Waals surface area contributed by atoms with E-state index < -0.39 is 0 Å². The number of hydrogen-bond donors (Lipinski definition) is 1. The molecule has 0 fully saturated rings. The first kappa shape index (κ1) is 12.5. The van der Waals surface area contributed by atoms with Crippen LogP contribution < -0.4 is 5.32 Å². The summed E-state index contributed by atoms with van der Waals surface area (Å²) in [4.78, 5) is 4.28. The highest BCUT2D eigenvalue weighted by Gasteiger charge is 2.05. The van der Waals surface area contributed by atoms with E-state index in [0.29, 0.717) is 6.04 Å². The lowest BCUT2D eigenvalue weighted by atomic mass is 10.2. The molecule has 0 saturated heterocycles. The Morgan fingerprint density at radius 1 is 1.53 bits per heavy atom. The van der Waals surface area contributed by atoms with Crippen molar-refractivity contribution >= 4 is 11.8 Å². The molecule has 0 amide bonds. The van der Waals surface area contributed by atoms with Crippen molar-refractivity contribution in [2.75, 3.05) is 12.0 Å². The van der Waals surface area contributed by atoms with Gasteiger partial charge in [0.1, 0.15) is 0 Å². The van der Waals surface area contributed by atoms with Crippen molar-refractivity contribution in [3.8, 4) is 0 Å². The third kappa shape index (κ3) is 4.22. The molecule has 0 aromatic carbocycles. The van der Waals surface area contributed by atoms with E-state index in [2.05, 4.69) is 36.5 Å². The second-order valence-electron chi connectivity index (χ2n) is 3.69. The first-order valence-corrected chi connectivity index (χ1v) is 6.80. The van der Waals surface area contributed by atoms with E-state index >= 15 is 0 Å². The minimum atomic E-state index is 0.611. The molecule has 15 heavy (non-hydrogen) atoms. The zero-order chi connectivity index (χ0) is 11.1. The fourth-order valence-electron chi connectivity index (χ4n) is 1.48. The second-order valence-corrected chi connectivity index (χ2v) is 4.60. The van der Waals surface area contributed by atoms with Crippen molar-refractivity contribution in [3.05, 3.63) is 29.6 Å². The fraction of sp³-hybridized carbons (Fsp3) is 0.583. The molecule has 84 valence electrons. The Morgan fingerprint density at radius 3 is 2.93 bits per heavy atom. The molecule has 0 aliphatic heterocycles. The quantitative estimate of drug-likeness (QED) is 0.804. The Bertz CT molecular complexity index is 289. The summed E-state index contributed by atoms with van der Waals surface area (Å²) in [6.45, 7) is 5.22. The van der Waals surface area contributed by atoms with Crippen molar-refractivity contribution in [2.45, 2.75) is 32.9 Å². The van der Waals surface area contributed by atoms with Gasteiger partial charge in [0.15, 0.2) is 0 Å². The molecule has 1 heterocycles. The SMILES string of the molecule is CCC(CSC)NCc1cccnc1C. The van der Waals surface area contributed by atoms with Crippen molar-refractivity contribution in [3.63, 3.8) is 0 Å². The molecular formula is C12H20N2S. The Hall–Kier alpha value is -0.540. The van der Waals surface area contributed by atoms with Crippen LogP contribution >= 0.6 is 11.8 Å². The zero-order valence-corrected chi connectivity index (χ0v) is 10.6. The van der Waals surface area contributed by atoms with Gasteiger partial charge >= 0.3 is 0 Å². The van der Waals surface area contributed by atoms with Crippen LogP contribution in [0.3, 0.4) is 0 Å². The van der Waals surface area contributed by atoms with Gasteiger partial charge in [-0.15, -0.1) is 0 Å². The van der Waals surface area contributed by atoms with E-state index in [4.69, 9.17) is 0 Å². The topological polar surface area (TPSA) is 24.9 Å². The Morgan fingerprint density at radius 2 is 2.33 bits per heavy atom. The van der Waals surface area contributed by atoms with Crippen LogP contribution in [0, 0.1) is 6.92 Å². The predicted octanol–water partition coefficient (Wildman–Crippen LogP) is 2.62. The molecule has 0 aliphatic rings. The lowest BCUT2D eigenvalue weighted by molar-refractivity contribution is 0.539. The summed E-state index contributed by atoms with van der Waals surface area (Å²) >= 11 is 1.90. The van der Waals surface area contributed by atoms with Crippen LogP contribution in [0.15, 0.2) is 18.3 Å². The highest BCUT2D eigenvalue weighted by Crippen LogP contribution is 2.06. The van der Waals surface area contributed by atoms with Gasteiger partial charge in [-0.2, -0.15) is 11.8 Å². The largest absolute Gasteiger partial charge is 0.309 e. The van der Waals surface area contributed by atoms with Crippen LogP contribution in [-0.4, -0.2) is 23.0 Å². The lowest BCUT2D eigenvalue weighted by Crippen LogP contribution is -2.30. The normalized spacial score (nSPS) is 12.7. The summed E-state index contributed by atoms with van der Waals surface area (Å²) in [7, 11) is 0. The summed E-state index contributed by atoms with van der Waals surface area (Å²) in [5, 5.41) is 3.57. The number of aromatic nitrogens is 1. The number of rotatable bonds is 6. The van der Waals surface area contributed by atoms with Crippen LogP contribution in [-0.2, 0) is 6.54 Å². The highest BCUT2D eigenvalue weighted by atomic mass is 32.2. The minimum absolute atomic E-state index is 0.611. The molecule has 0 saturated carbocycles. The van der Waals surface area contributed by atoms with Gasteiger partial charge in [0, 0.05) is 30.2 Å². The van der Waals surface area contributed by atoms with Gasteiger partial charge in [-0.1, -0.05) is 13.0 Å². The smallest absolute Gasteiger partial charge is 0.0417 e. The molecule has 1 atom stereocenters. The summed E-state index contributed by atoms with van der Waals surface area (Å²) in [6.07, 6.45) is 5.18. The van der Waals surface area contributed by atoms with Crippen LogP contribution in [0.25, 0.3) is 0 Å². The Labute approximate surface area is 96.9 Å². The van der Waals surface area contributed by atoms with Crippen LogP contribution in [0.2, 0.25) is 0 Å². The second kappa shape index (κ2) is 6.85.